The second-order valence-electron chi connectivity index (χ2n) is 4.88. The molecular formula is C18H16O3. The van der Waals surface area contributed by atoms with Crippen molar-refractivity contribution in [1.82, 2.24) is 0 Å². The van der Waals surface area contributed by atoms with Crippen LogP contribution in [0.5, 0.6) is 5.75 Å². The van der Waals surface area contributed by atoms with Gasteiger partial charge < -0.3 is 5.11 Å². The van der Waals surface area contributed by atoms with E-state index in [2.05, 4.69) is 0 Å². The molecule has 0 heterocycles. The summed E-state index contributed by atoms with van der Waals surface area (Å²) in [5, 5.41) is 9.24. The predicted molar refractivity (Wildman–Crippen MR) is 83.5 cm³/mol. The second kappa shape index (κ2) is 6.18. The van der Waals surface area contributed by atoms with E-state index in [4.69, 9.17) is 0 Å². The number of Topliss-reactive ketones (excluding diaryl/α,β-unsaturated/α-hetero) is 2. The number of benzene rings is 2. The highest BCUT2D eigenvalue weighted by atomic mass is 16.3. The lowest BCUT2D eigenvalue weighted by atomic mass is 10.0. The molecule has 106 valence electrons. The van der Waals surface area contributed by atoms with Gasteiger partial charge in [0.2, 0.25) is 0 Å². The van der Waals surface area contributed by atoms with Gasteiger partial charge in [-0.3, -0.25) is 9.59 Å². The van der Waals surface area contributed by atoms with E-state index < -0.39 is 0 Å². The zero-order chi connectivity index (χ0) is 15.4. The molecule has 0 unspecified atom stereocenters. The van der Waals surface area contributed by atoms with Gasteiger partial charge in [-0.05, 0) is 55.3 Å². The summed E-state index contributed by atoms with van der Waals surface area (Å²) in [4.78, 5) is 23.0. The van der Waals surface area contributed by atoms with Gasteiger partial charge in [0.15, 0.2) is 11.6 Å². The highest BCUT2D eigenvalue weighted by molar-refractivity contribution is 6.00. The van der Waals surface area contributed by atoms with Gasteiger partial charge in [0, 0.05) is 11.1 Å². The van der Waals surface area contributed by atoms with Gasteiger partial charge in [-0.15, -0.1) is 0 Å². The van der Waals surface area contributed by atoms with Crippen LogP contribution in [0.1, 0.15) is 45.7 Å². The Morgan fingerprint density at radius 3 is 1.76 bits per heavy atom. The Balaban J connectivity index is 2.36. The monoisotopic (exact) mass is 280 g/mol. The maximum Gasteiger partial charge on any atom is 0.159 e. The van der Waals surface area contributed by atoms with Crippen LogP contribution < -0.4 is 0 Å². The fourth-order valence-corrected chi connectivity index (χ4v) is 1.93. The van der Waals surface area contributed by atoms with Crippen LogP contribution in [0, 0.1) is 0 Å². The molecule has 0 fully saturated rings. The zero-order valence-electron chi connectivity index (χ0n) is 12.0. The van der Waals surface area contributed by atoms with Gasteiger partial charge in [0.05, 0.1) is 0 Å². The van der Waals surface area contributed by atoms with E-state index in [0.717, 1.165) is 11.1 Å². The molecule has 0 aromatic heterocycles. The van der Waals surface area contributed by atoms with E-state index in [0.29, 0.717) is 11.1 Å². The van der Waals surface area contributed by atoms with Crippen LogP contribution in [-0.2, 0) is 0 Å². The fourth-order valence-electron chi connectivity index (χ4n) is 1.93. The van der Waals surface area contributed by atoms with Crippen molar-refractivity contribution >= 4 is 23.7 Å². The molecule has 0 bridgehead atoms. The van der Waals surface area contributed by atoms with Crippen LogP contribution in [-0.4, -0.2) is 16.7 Å². The lowest BCUT2D eigenvalue weighted by molar-refractivity contribution is 0.101. The molecular weight excluding hydrogens is 264 g/mol. The molecule has 3 nitrogen and oxygen atoms in total. The van der Waals surface area contributed by atoms with Crippen molar-refractivity contribution in [2.75, 3.05) is 0 Å². The minimum atomic E-state index is -0.0719. The predicted octanol–water partition coefficient (Wildman–Crippen LogP) is 3.97. The van der Waals surface area contributed by atoms with Crippen molar-refractivity contribution in [3.63, 3.8) is 0 Å². The van der Waals surface area contributed by atoms with Crippen LogP contribution in [0.2, 0.25) is 0 Å². The van der Waals surface area contributed by atoms with Gasteiger partial charge in [-0.2, -0.15) is 0 Å². The fraction of sp³-hybridized carbons (Fsp3) is 0.111. The quantitative estimate of drug-likeness (QED) is 0.681. The van der Waals surface area contributed by atoms with E-state index >= 15 is 0 Å². The van der Waals surface area contributed by atoms with E-state index in [1.54, 1.807) is 42.5 Å². The van der Waals surface area contributed by atoms with Crippen LogP contribution in [0.4, 0.5) is 0 Å². The molecule has 0 atom stereocenters. The average molecular weight is 280 g/mol. The standard InChI is InChI=1S/C18H16O3/c1-12(19)16-9-15(10-17(11-16)13(2)20)4-3-14-5-7-18(21)8-6-14/h3-11,21H,1-2H3/b4-3+. The summed E-state index contributed by atoms with van der Waals surface area (Å²) >= 11 is 0. The molecule has 0 aliphatic heterocycles. The van der Waals surface area contributed by atoms with Crippen molar-refractivity contribution in [2.45, 2.75) is 13.8 Å². The summed E-state index contributed by atoms with van der Waals surface area (Å²) in [7, 11) is 0. The molecule has 2 aromatic rings. The van der Waals surface area contributed by atoms with Crippen molar-refractivity contribution in [3.8, 4) is 5.75 Å². The summed E-state index contributed by atoms with van der Waals surface area (Å²) in [6.45, 7) is 2.96. The first kappa shape index (κ1) is 14.7. The van der Waals surface area contributed by atoms with E-state index in [1.165, 1.54) is 13.8 Å². The number of rotatable bonds is 4. The number of phenolic OH excluding ortho intramolecular Hbond substituents is 1. The minimum Gasteiger partial charge on any atom is -0.508 e. The normalized spacial score (nSPS) is 10.8. The lowest BCUT2D eigenvalue weighted by Crippen LogP contribution is -1.99. The van der Waals surface area contributed by atoms with E-state index in [1.807, 2.05) is 12.2 Å². The third-order valence-electron chi connectivity index (χ3n) is 3.13. The first-order chi connectivity index (χ1) is 9.95. The van der Waals surface area contributed by atoms with Crippen molar-refractivity contribution < 1.29 is 14.7 Å². The van der Waals surface area contributed by atoms with Crippen LogP contribution in [0.25, 0.3) is 12.2 Å². The highest BCUT2D eigenvalue weighted by Gasteiger charge is 2.06. The van der Waals surface area contributed by atoms with E-state index in [-0.39, 0.29) is 17.3 Å². The Morgan fingerprint density at radius 2 is 1.29 bits per heavy atom. The molecule has 2 rings (SSSR count). The minimum absolute atomic E-state index is 0.0719. The zero-order valence-corrected chi connectivity index (χ0v) is 12.0. The number of aromatic hydroxyl groups is 1. The second-order valence-corrected chi connectivity index (χ2v) is 4.88. The smallest absolute Gasteiger partial charge is 0.159 e. The SMILES string of the molecule is CC(=O)c1cc(/C=C/c2ccc(O)cc2)cc(C(C)=O)c1. The molecule has 0 aliphatic carbocycles. The number of phenols is 1. The molecule has 21 heavy (non-hydrogen) atoms. The van der Waals surface area contributed by atoms with Crippen LogP contribution >= 0.6 is 0 Å². The molecule has 2 aromatic carbocycles. The first-order valence-corrected chi connectivity index (χ1v) is 6.60. The van der Waals surface area contributed by atoms with Gasteiger partial charge in [0.1, 0.15) is 5.75 Å². The summed E-state index contributed by atoms with van der Waals surface area (Å²) in [6.07, 6.45) is 3.70. The number of carbonyl (C=O) groups is 2. The highest BCUT2D eigenvalue weighted by Crippen LogP contribution is 2.16. The van der Waals surface area contributed by atoms with Crippen molar-refractivity contribution in [3.05, 3.63) is 64.7 Å². The third kappa shape index (κ3) is 3.89. The Bertz CT molecular complexity index is 677. The molecule has 1 N–H and O–H groups in total. The average Bonchev–Trinajstić information content (AvgIpc) is 2.46. The number of carbonyl (C=O) groups excluding carboxylic acids is 2. The molecule has 0 radical (unpaired) electrons. The summed E-state index contributed by atoms with van der Waals surface area (Å²) in [5.41, 5.74) is 2.76. The Kier molecular flexibility index (Phi) is 4.33. The largest absolute Gasteiger partial charge is 0.508 e. The number of hydrogen-bond acceptors (Lipinski definition) is 3. The molecule has 3 heteroatoms. The van der Waals surface area contributed by atoms with E-state index in [9.17, 15) is 14.7 Å². The molecule has 0 saturated heterocycles. The summed E-state index contributed by atoms with van der Waals surface area (Å²) in [5.74, 6) is 0.0689. The molecule has 0 spiro atoms. The van der Waals surface area contributed by atoms with Gasteiger partial charge in [-0.25, -0.2) is 0 Å². The van der Waals surface area contributed by atoms with Gasteiger partial charge in [0.25, 0.3) is 0 Å². The molecule has 0 saturated carbocycles. The van der Waals surface area contributed by atoms with Crippen molar-refractivity contribution in [2.24, 2.45) is 0 Å². The van der Waals surface area contributed by atoms with Gasteiger partial charge in [-0.1, -0.05) is 24.3 Å². The summed E-state index contributed by atoms with van der Waals surface area (Å²) in [6, 6.07) is 11.9. The van der Waals surface area contributed by atoms with Gasteiger partial charge >= 0.3 is 0 Å². The number of ketones is 2. The Morgan fingerprint density at radius 1 is 0.810 bits per heavy atom. The Hall–Kier alpha value is -2.68. The maximum absolute atomic E-state index is 11.5. The first-order valence-electron chi connectivity index (χ1n) is 6.60. The van der Waals surface area contributed by atoms with Crippen molar-refractivity contribution in [1.29, 1.82) is 0 Å². The number of hydrogen-bond donors (Lipinski definition) is 1. The van der Waals surface area contributed by atoms with Crippen LogP contribution in [0.3, 0.4) is 0 Å². The topological polar surface area (TPSA) is 54.4 Å². The summed E-state index contributed by atoms with van der Waals surface area (Å²) < 4.78 is 0. The molecule has 0 amide bonds. The maximum atomic E-state index is 11.5. The molecule has 0 aliphatic rings. The van der Waals surface area contributed by atoms with Crippen LogP contribution in [0.15, 0.2) is 42.5 Å². The Labute approximate surface area is 123 Å². The third-order valence-corrected chi connectivity index (χ3v) is 3.13. The lowest BCUT2D eigenvalue weighted by Gasteiger charge is -2.03.